The van der Waals surface area contributed by atoms with Gasteiger partial charge in [-0.25, -0.2) is 4.79 Å². The van der Waals surface area contributed by atoms with Crippen LogP contribution in [0, 0.1) is 12.8 Å². The molecule has 1 aromatic rings. The number of hydrogen-bond donors (Lipinski definition) is 0. The third kappa shape index (κ3) is 4.20. The van der Waals surface area contributed by atoms with Gasteiger partial charge in [0.1, 0.15) is 4.88 Å². The fourth-order valence-electron chi connectivity index (χ4n) is 4.89. The van der Waals surface area contributed by atoms with E-state index in [2.05, 4.69) is 13.0 Å². The second-order valence-corrected chi connectivity index (χ2v) is 9.89. The zero-order chi connectivity index (χ0) is 21.3. The largest absolute Gasteiger partial charge is 0.465 e. The molecule has 4 rings (SSSR count). The van der Waals surface area contributed by atoms with Crippen LogP contribution in [0.25, 0.3) is 0 Å². The summed E-state index contributed by atoms with van der Waals surface area (Å²) in [4.78, 5) is 29.7. The van der Waals surface area contributed by atoms with Crippen LogP contribution >= 0.6 is 11.3 Å². The summed E-state index contributed by atoms with van der Waals surface area (Å²) in [6.07, 6.45) is 7.87. The maximum atomic E-state index is 13.8. The van der Waals surface area contributed by atoms with E-state index in [4.69, 9.17) is 14.2 Å². The van der Waals surface area contributed by atoms with Crippen LogP contribution in [0.1, 0.15) is 66.4 Å². The molecular weight excluding hydrogens is 402 g/mol. The van der Waals surface area contributed by atoms with Crippen LogP contribution in [0.4, 0.5) is 5.69 Å². The predicted octanol–water partition coefficient (Wildman–Crippen LogP) is 4.61. The van der Waals surface area contributed by atoms with Gasteiger partial charge < -0.3 is 19.1 Å². The number of methoxy groups -OCH3 is 1. The average molecular weight is 434 g/mol. The van der Waals surface area contributed by atoms with Crippen molar-refractivity contribution in [2.24, 2.45) is 5.92 Å². The Bertz CT molecular complexity index is 829. The Balaban J connectivity index is 1.64. The Kier molecular flexibility index (Phi) is 6.32. The number of carbonyl (C=O) groups is 2. The van der Waals surface area contributed by atoms with Crippen molar-refractivity contribution >= 4 is 28.9 Å². The Morgan fingerprint density at radius 3 is 2.47 bits per heavy atom. The lowest BCUT2D eigenvalue weighted by atomic mass is 9.85. The molecule has 1 atom stereocenters. The lowest BCUT2D eigenvalue weighted by molar-refractivity contribution is -0.179. The Hall–Kier alpha value is -1.70. The number of amides is 1. The number of aryl methyl sites for hydroxylation is 1. The maximum absolute atomic E-state index is 13.8. The number of esters is 1. The average Bonchev–Trinajstić information content (AvgIpc) is 3.36. The molecule has 30 heavy (non-hydrogen) atoms. The molecule has 1 saturated carbocycles. The molecule has 164 valence electrons. The van der Waals surface area contributed by atoms with Gasteiger partial charge in [-0.2, -0.15) is 0 Å². The summed E-state index contributed by atoms with van der Waals surface area (Å²) in [6, 6.07) is 1.99. The van der Waals surface area contributed by atoms with Gasteiger partial charge in [0.15, 0.2) is 5.79 Å². The van der Waals surface area contributed by atoms with E-state index in [1.54, 1.807) is 0 Å². The number of nitrogens with zero attached hydrogens (tertiary/aromatic N) is 1. The molecule has 6 nitrogen and oxygen atoms in total. The highest BCUT2D eigenvalue weighted by atomic mass is 32.1. The van der Waals surface area contributed by atoms with E-state index in [9.17, 15) is 9.59 Å². The number of rotatable bonds is 4. The Morgan fingerprint density at radius 1 is 1.17 bits per heavy atom. The first-order valence-corrected chi connectivity index (χ1v) is 11.7. The van der Waals surface area contributed by atoms with Crippen LogP contribution in [0.3, 0.4) is 0 Å². The van der Waals surface area contributed by atoms with Gasteiger partial charge >= 0.3 is 5.97 Å². The van der Waals surface area contributed by atoms with Gasteiger partial charge in [0.05, 0.1) is 26.0 Å². The predicted molar refractivity (Wildman–Crippen MR) is 116 cm³/mol. The molecule has 1 aliphatic heterocycles. The van der Waals surface area contributed by atoms with Crippen molar-refractivity contribution < 1.29 is 23.8 Å². The lowest BCUT2D eigenvalue weighted by Crippen LogP contribution is -2.49. The molecule has 1 amide bonds. The molecular formula is C23H31NO5S. The van der Waals surface area contributed by atoms with E-state index < -0.39 is 5.79 Å². The van der Waals surface area contributed by atoms with Gasteiger partial charge in [-0.1, -0.05) is 11.6 Å². The van der Waals surface area contributed by atoms with E-state index in [1.807, 2.05) is 17.9 Å². The molecule has 0 radical (unpaired) electrons. The number of anilines is 1. The lowest BCUT2D eigenvalue weighted by Gasteiger charge is -2.41. The summed E-state index contributed by atoms with van der Waals surface area (Å²) in [6.45, 7) is 5.36. The SMILES string of the molecule is COC(=O)c1sc(C)cc1N(C(=O)C1CC=C(C)CC1)C1CCC2(CC1)OCCO2. The van der Waals surface area contributed by atoms with Crippen molar-refractivity contribution in [3.8, 4) is 0 Å². The summed E-state index contributed by atoms with van der Waals surface area (Å²) in [5.74, 6) is -0.786. The molecule has 1 saturated heterocycles. The van der Waals surface area contributed by atoms with Gasteiger partial charge in [-0.05, 0) is 52.0 Å². The fraction of sp³-hybridized carbons (Fsp3) is 0.652. The minimum absolute atomic E-state index is 0.0281. The molecule has 2 fully saturated rings. The summed E-state index contributed by atoms with van der Waals surface area (Å²) in [7, 11) is 1.39. The van der Waals surface area contributed by atoms with Gasteiger partial charge in [0, 0.05) is 29.7 Å². The first-order valence-electron chi connectivity index (χ1n) is 10.9. The molecule has 0 bridgehead atoms. The Morgan fingerprint density at radius 2 is 1.87 bits per heavy atom. The van der Waals surface area contributed by atoms with Crippen LogP contribution in [0.2, 0.25) is 0 Å². The van der Waals surface area contributed by atoms with E-state index >= 15 is 0 Å². The molecule has 1 spiro atoms. The standard InChI is InChI=1S/C23H31NO5S/c1-15-4-6-17(7-5-15)21(25)24(19-14-16(2)30-20(19)22(26)27-3)18-8-10-23(11-9-18)28-12-13-29-23/h4,14,17-18H,5-13H2,1-3H3. The van der Waals surface area contributed by atoms with Crippen molar-refractivity contribution in [1.82, 2.24) is 0 Å². The summed E-state index contributed by atoms with van der Waals surface area (Å²) in [5.41, 5.74) is 2.05. The number of allylic oxidation sites excluding steroid dienone is 2. The summed E-state index contributed by atoms with van der Waals surface area (Å²) in [5, 5.41) is 0. The van der Waals surface area contributed by atoms with Crippen molar-refractivity contribution in [2.45, 2.75) is 70.6 Å². The molecule has 2 heterocycles. The van der Waals surface area contributed by atoms with Crippen LogP contribution in [-0.2, 0) is 19.0 Å². The van der Waals surface area contributed by atoms with Crippen molar-refractivity contribution in [1.29, 1.82) is 0 Å². The minimum Gasteiger partial charge on any atom is -0.465 e. The van der Waals surface area contributed by atoms with Gasteiger partial charge in [0.25, 0.3) is 0 Å². The third-order valence-corrected chi connectivity index (χ3v) is 7.61. The molecule has 0 aromatic carbocycles. The molecule has 2 aliphatic carbocycles. The minimum atomic E-state index is -0.481. The van der Waals surface area contributed by atoms with Gasteiger partial charge in [-0.15, -0.1) is 11.3 Å². The molecule has 1 unspecified atom stereocenters. The number of carbonyl (C=O) groups excluding carboxylic acids is 2. The highest BCUT2D eigenvalue weighted by Gasteiger charge is 2.44. The fourth-order valence-corrected chi connectivity index (χ4v) is 5.81. The van der Waals surface area contributed by atoms with Crippen LogP contribution < -0.4 is 4.90 Å². The van der Waals surface area contributed by atoms with Gasteiger partial charge in [-0.3, -0.25) is 4.79 Å². The second-order valence-electron chi connectivity index (χ2n) is 8.63. The van der Waals surface area contributed by atoms with E-state index in [0.29, 0.717) is 23.8 Å². The summed E-state index contributed by atoms with van der Waals surface area (Å²) < 4.78 is 16.8. The number of hydrogen-bond acceptors (Lipinski definition) is 6. The summed E-state index contributed by atoms with van der Waals surface area (Å²) >= 11 is 1.39. The number of thiophene rings is 1. The zero-order valence-electron chi connectivity index (χ0n) is 18.1. The monoisotopic (exact) mass is 433 g/mol. The first-order chi connectivity index (χ1) is 14.4. The highest BCUT2D eigenvalue weighted by molar-refractivity contribution is 7.14. The highest BCUT2D eigenvalue weighted by Crippen LogP contribution is 2.42. The molecule has 3 aliphatic rings. The zero-order valence-corrected chi connectivity index (χ0v) is 18.9. The van der Waals surface area contributed by atoms with Crippen LogP contribution in [0.15, 0.2) is 17.7 Å². The topological polar surface area (TPSA) is 65.1 Å². The quantitative estimate of drug-likeness (QED) is 0.513. The smallest absolute Gasteiger partial charge is 0.350 e. The van der Waals surface area contributed by atoms with Crippen LogP contribution in [0.5, 0.6) is 0 Å². The normalized spacial score (nSPS) is 24.0. The molecule has 0 N–H and O–H groups in total. The van der Waals surface area contributed by atoms with Crippen molar-refractivity contribution in [2.75, 3.05) is 25.2 Å². The third-order valence-electron chi connectivity index (χ3n) is 6.59. The van der Waals surface area contributed by atoms with E-state index in [1.165, 1.54) is 24.0 Å². The van der Waals surface area contributed by atoms with Crippen LogP contribution in [-0.4, -0.2) is 44.0 Å². The maximum Gasteiger partial charge on any atom is 0.350 e. The molecule has 1 aromatic heterocycles. The van der Waals surface area contributed by atoms with Gasteiger partial charge in [0.2, 0.25) is 5.91 Å². The second kappa shape index (κ2) is 8.81. The first kappa shape index (κ1) is 21.5. The van der Waals surface area contributed by atoms with Crippen molar-refractivity contribution in [3.05, 3.63) is 27.5 Å². The Labute approximate surface area is 182 Å². The van der Waals surface area contributed by atoms with Crippen molar-refractivity contribution in [3.63, 3.8) is 0 Å². The van der Waals surface area contributed by atoms with E-state index in [-0.39, 0.29) is 23.8 Å². The van der Waals surface area contributed by atoms with E-state index in [0.717, 1.165) is 49.8 Å². The number of ether oxygens (including phenoxy) is 3. The molecule has 7 heteroatoms.